The Labute approximate surface area is 145 Å². The van der Waals surface area contributed by atoms with Gasteiger partial charge >= 0.3 is 5.97 Å². The first-order valence-corrected chi connectivity index (χ1v) is 9.81. The SMILES string of the molecule is CC1(O)C(CCCC2CC2)=CC(CCCC2CC2)=CC1CC(=O)O. The van der Waals surface area contributed by atoms with Crippen molar-refractivity contribution in [3.63, 3.8) is 0 Å². The van der Waals surface area contributed by atoms with Crippen molar-refractivity contribution >= 4 is 5.97 Å². The summed E-state index contributed by atoms with van der Waals surface area (Å²) in [5, 5.41) is 20.2. The van der Waals surface area contributed by atoms with Crippen molar-refractivity contribution in [2.24, 2.45) is 17.8 Å². The molecule has 0 aromatic heterocycles. The van der Waals surface area contributed by atoms with Crippen LogP contribution in [-0.4, -0.2) is 21.8 Å². The lowest BCUT2D eigenvalue weighted by Crippen LogP contribution is -2.39. The van der Waals surface area contributed by atoms with Crippen LogP contribution in [0.5, 0.6) is 0 Å². The Morgan fingerprint density at radius 1 is 1.12 bits per heavy atom. The molecule has 2 N–H and O–H groups in total. The quantitative estimate of drug-likeness (QED) is 0.601. The number of aliphatic hydroxyl groups is 1. The minimum Gasteiger partial charge on any atom is -0.481 e. The predicted molar refractivity (Wildman–Crippen MR) is 95.7 cm³/mol. The Hall–Kier alpha value is -1.09. The largest absolute Gasteiger partial charge is 0.481 e. The number of carboxylic acids is 1. The van der Waals surface area contributed by atoms with Crippen molar-refractivity contribution in [3.05, 3.63) is 23.3 Å². The molecule has 24 heavy (non-hydrogen) atoms. The zero-order valence-electron chi connectivity index (χ0n) is 15.0. The summed E-state index contributed by atoms with van der Waals surface area (Å²) < 4.78 is 0. The Kier molecular flexibility index (Phi) is 5.49. The number of carboxylic acid groups (broad SMARTS) is 1. The van der Waals surface area contributed by atoms with Crippen LogP contribution in [0.4, 0.5) is 0 Å². The van der Waals surface area contributed by atoms with E-state index < -0.39 is 11.6 Å². The van der Waals surface area contributed by atoms with Crippen LogP contribution in [0.1, 0.15) is 77.6 Å². The topological polar surface area (TPSA) is 57.5 Å². The van der Waals surface area contributed by atoms with Gasteiger partial charge in [0, 0.05) is 5.92 Å². The zero-order chi connectivity index (χ0) is 17.2. The standard InChI is InChI=1S/C21H32O3/c1-21(24)18(7-3-5-16-10-11-16)12-17(6-2-4-15-8-9-15)13-19(21)14-20(22)23/h12-13,15-16,19,24H,2-11,14H2,1H3,(H,22,23). The number of carbonyl (C=O) groups is 1. The number of aliphatic carboxylic acids is 1. The normalized spacial score (nSPS) is 30.0. The maximum atomic E-state index is 11.2. The molecule has 0 aliphatic heterocycles. The molecular formula is C21H32O3. The average molecular weight is 332 g/mol. The number of hydrogen-bond acceptors (Lipinski definition) is 2. The molecule has 0 bridgehead atoms. The zero-order valence-corrected chi connectivity index (χ0v) is 15.0. The molecule has 2 fully saturated rings. The van der Waals surface area contributed by atoms with Crippen LogP contribution in [0.2, 0.25) is 0 Å². The Bertz CT molecular complexity index is 521. The summed E-state index contributed by atoms with van der Waals surface area (Å²) in [5.74, 6) is 0.719. The molecule has 0 radical (unpaired) electrons. The Morgan fingerprint density at radius 2 is 1.71 bits per heavy atom. The Balaban J connectivity index is 1.64. The van der Waals surface area contributed by atoms with E-state index >= 15 is 0 Å². The monoisotopic (exact) mass is 332 g/mol. The van der Waals surface area contributed by atoms with E-state index in [9.17, 15) is 15.0 Å². The summed E-state index contributed by atoms with van der Waals surface area (Å²) in [4.78, 5) is 11.2. The molecule has 3 rings (SSSR count). The lowest BCUT2D eigenvalue weighted by Gasteiger charge is -2.37. The first-order valence-electron chi connectivity index (χ1n) is 9.81. The highest BCUT2D eigenvalue weighted by atomic mass is 16.4. The summed E-state index contributed by atoms with van der Waals surface area (Å²) in [7, 11) is 0. The molecule has 2 atom stereocenters. The van der Waals surface area contributed by atoms with Gasteiger partial charge in [-0.15, -0.1) is 0 Å². The molecule has 0 amide bonds. The van der Waals surface area contributed by atoms with Gasteiger partial charge in [0.05, 0.1) is 12.0 Å². The lowest BCUT2D eigenvalue weighted by molar-refractivity contribution is -0.139. The van der Waals surface area contributed by atoms with Gasteiger partial charge in [-0.1, -0.05) is 56.3 Å². The van der Waals surface area contributed by atoms with Crippen LogP contribution < -0.4 is 0 Å². The maximum absolute atomic E-state index is 11.2. The van der Waals surface area contributed by atoms with Crippen molar-refractivity contribution in [2.45, 2.75) is 83.2 Å². The van der Waals surface area contributed by atoms with Crippen molar-refractivity contribution in [2.75, 3.05) is 0 Å². The third-order valence-corrected chi connectivity index (χ3v) is 6.07. The molecule has 3 aliphatic rings. The van der Waals surface area contributed by atoms with Crippen LogP contribution in [0.15, 0.2) is 23.3 Å². The fourth-order valence-electron chi connectivity index (χ4n) is 3.99. The van der Waals surface area contributed by atoms with E-state index in [-0.39, 0.29) is 12.3 Å². The van der Waals surface area contributed by atoms with Gasteiger partial charge in [0.2, 0.25) is 0 Å². The van der Waals surface area contributed by atoms with E-state index in [0.29, 0.717) is 0 Å². The van der Waals surface area contributed by atoms with E-state index in [2.05, 4.69) is 6.08 Å². The molecule has 134 valence electrons. The smallest absolute Gasteiger partial charge is 0.304 e. The summed E-state index contributed by atoms with van der Waals surface area (Å²) in [5.41, 5.74) is 1.29. The minimum atomic E-state index is -1.01. The number of allylic oxidation sites excluding steroid dienone is 2. The number of rotatable bonds is 10. The van der Waals surface area contributed by atoms with Gasteiger partial charge in [0.15, 0.2) is 0 Å². The third kappa shape index (κ3) is 4.95. The first kappa shape index (κ1) is 17.7. The van der Waals surface area contributed by atoms with Gasteiger partial charge in [-0.25, -0.2) is 0 Å². The predicted octanol–water partition coefficient (Wildman–Crippen LogP) is 4.86. The number of hydrogen-bond donors (Lipinski definition) is 2. The van der Waals surface area contributed by atoms with Crippen LogP contribution in [0, 0.1) is 17.8 Å². The van der Waals surface area contributed by atoms with Gasteiger partial charge < -0.3 is 10.2 Å². The van der Waals surface area contributed by atoms with Gasteiger partial charge in [0.1, 0.15) is 0 Å². The summed E-state index contributed by atoms with van der Waals surface area (Å²) in [6.45, 7) is 1.81. The molecular weight excluding hydrogens is 300 g/mol. The first-order chi connectivity index (χ1) is 11.4. The molecule has 0 heterocycles. The van der Waals surface area contributed by atoms with Gasteiger partial charge in [-0.3, -0.25) is 4.79 Å². The lowest BCUT2D eigenvalue weighted by atomic mass is 9.73. The van der Waals surface area contributed by atoms with Crippen molar-refractivity contribution in [3.8, 4) is 0 Å². The van der Waals surface area contributed by atoms with Crippen LogP contribution in [0.25, 0.3) is 0 Å². The summed E-state index contributed by atoms with van der Waals surface area (Å²) in [6.07, 6.45) is 16.5. The second-order valence-corrected chi connectivity index (χ2v) is 8.43. The van der Waals surface area contributed by atoms with E-state index in [4.69, 9.17) is 0 Å². The molecule has 0 saturated heterocycles. The fourth-order valence-corrected chi connectivity index (χ4v) is 3.99. The highest BCUT2D eigenvalue weighted by molar-refractivity contribution is 5.68. The van der Waals surface area contributed by atoms with Crippen LogP contribution >= 0.6 is 0 Å². The van der Waals surface area contributed by atoms with Gasteiger partial charge in [-0.2, -0.15) is 0 Å². The molecule has 3 aliphatic carbocycles. The van der Waals surface area contributed by atoms with Crippen LogP contribution in [-0.2, 0) is 4.79 Å². The molecule has 2 unspecified atom stereocenters. The minimum absolute atomic E-state index is 0.0130. The molecule has 3 heteroatoms. The Morgan fingerprint density at radius 3 is 2.25 bits per heavy atom. The third-order valence-electron chi connectivity index (χ3n) is 6.07. The highest BCUT2D eigenvalue weighted by Crippen LogP contribution is 2.41. The van der Waals surface area contributed by atoms with E-state index in [1.165, 1.54) is 50.5 Å². The van der Waals surface area contributed by atoms with Crippen molar-refractivity contribution < 1.29 is 15.0 Å². The molecule has 2 saturated carbocycles. The average Bonchev–Trinajstić information content (AvgIpc) is 3.38. The molecule has 3 nitrogen and oxygen atoms in total. The van der Waals surface area contributed by atoms with Crippen molar-refractivity contribution in [1.29, 1.82) is 0 Å². The summed E-state index contributed by atoms with van der Waals surface area (Å²) in [6, 6.07) is 0. The van der Waals surface area contributed by atoms with E-state index in [1.54, 1.807) is 6.92 Å². The highest BCUT2D eigenvalue weighted by Gasteiger charge is 2.38. The molecule has 0 spiro atoms. The van der Waals surface area contributed by atoms with Crippen LogP contribution in [0.3, 0.4) is 0 Å². The second-order valence-electron chi connectivity index (χ2n) is 8.43. The fraction of sp³-hybridized carbons (Fsp3) is 0.762. The molecule has 0 aromatic rings. The molecule has 0 aromatic carbocycles. The second kappa shape index (κ2) is 7.43. The van der Waals surface area contributed by atoms with Gasteiger partial charge in [0.25, 0.3) is 0 Å². The van der Waals surface area contributed by atoms with E-state index in [1.807, 2.05) is 6.08 Å². The summed E-state index contributed by atoms with van der Waals surface area (Å²) >= 11 is 0. The van der Waals surface area contributed by atoms with Gasteiger partial charge in [-0.05, 0) is 50.0 Å². The van der Waals surface area contributed by atoms with E-state index in [0.717, 1.165) is 36.7 Å². The van der Waals surface area contributed by atoms with Crippen molar-refractivity contribution in [1.82, 2.24) is 0 Å². The maximum Gasteiger partial charge on any atom is 0.304 e.